The molecule has 64 valence electrons. The summed E-state index contributed by atoms with van der Waals surface area (Å²) >= 11 is 0. The molecule has 0 rings (SSSR count). The number of hydrogen-bond donors (Lipinski definition) is 2. The summed E-state index contributed by atoms with van der Waals surface area (Å²) in [6.45, 7) is 1.20. The minimum Gasteiger partial charge on any atom is -0.479 e. The average Bonchev–Trinajstić information content (AvgIpc) is 1.36. The Kier molecular flexibility index (Phi) is 51.7. The zero-order chi connectivity index (χ0) is 5.15. The van der Waals surface area contributed by atoms with E-state index < -0.39 is 12.1 Å². The number of carboxylic acid groups (broad SMARTS) is 1. The van der Waals surface area contributed by atoms with Crippen molar-refractivity contribution in [1.29, 1.82) is 0 Å². The predicted molar refractivity (Wildman–Crippen MR) is 38.7 cm³/mol. The van der Waals surface area contributed by atoms with Gasteiger partial charge in [0.15, 0.2) is 0 Å². The van der Waals surface area contributed by atoms with Crippen molar-refractivity contribution in [2.24, 2.45) is 0 Å². The monoisotopic (exact) mass is 170 g/mol. The Morgan fingerprint density at radius 1 is 1.30 bits per heavy atom. The van der Waals surface area contributed by atoms with Crippen LogP contribution in [0.25, 0.3) is 0 Å². The lowest BCUT2D eigenvalue weighted by Crippen LogP contribution is -2.13. The molecule has 0 aromatic carbocycles. The van der Waals surface area contributed by atoms with Crippen molar-refractivity contribution in [3.8, 4) is 0 Å². The van der Waals surface area contributed by atoms with Crippen LogP contribution < -0.4 is 0 Å². The lowest BCUT2D eigenvalue weighted by atomic mass is 10.4. The maximum absolute atomic E-state index is 9.45. The van der Waals surface area contributed by atoms with Crippen molar-refractivity contribution in [3.63, 3.8) is 0 Å². The molecule has 0 aromatic rings. The lowest BCUT2D eigenvalue weighted by molar-refractivity contribution is -0.145. The average molecular weight is 170 g/mol. The largest absolute Gasteiger partial charge is 0.479 e. The van der Waals surface area contributed by atoms with Crippen LogP contribution in [0.5, 0.6) is 0 Å². The van der Waals surface area contributed by atoms with Gasteiger partial charge in [0.05, 0.1) is 0 Å². The van der Waals surface area contributed by atoms with E-state index in [0.29, 0.717) is 0 Å². The summed E-state index contributed by atoms with van der Waals surface area (Å²) in [6, 6.07) is 0. The summed E-state index contributed by atoms with van der Waals surface area (Å²) in [5.41, 5.74) is 0. The quantitative estimate of drug-likeness (QED) is 0.386. The van der Waals surface area contributed by atoms with Gasteiger partial charge in [0.25, 0.3) is 0 Å². The van der Waals surface area contributed by atoms with Crippen LogP contribution in [0.3, 0.4) is 0 Å². The smallest absolute Gasteiger partial charge is 0.332 e. The molecule has 0 aromatic heterocycles. The fraction of sp³-hybridized carbons (Fsp3) is 0.667. The van der Waals surface area contributed by atoms with E-state index in [0.717, 1.165) is 0 Å². The van der Waals surface area contributed by atoms with Crippen molar-refractivity contribution in [2.75, 3.05) is 0 Å². The van der Waals surface area contributed by atoms with E-state index >= 15 is 0 Å². The first-order valence-electron chi connectivity index (χ1n) is 1.55. The van der Waals surface area contributed by atoms with E-state index in [2.05, 4.69) is 0 Å². The molecule has 10 heavy (non-hydrogen) atoms. The van der Waals surface area contributed by atoms with E-state index in [4.69, 9.17) is 10.2 Å². The van der Waals surface area contributed by atoms with Gasteiger partial charge in [0.1, 0.15) is 6.10 Å². The maximum atomic E-state index is 9.45. The van der Waals surface area contributed by atoms with Gasteiger partial charge >= 0.3 is 29.0 Å². The van der Waals surface area contributed by atoms with E-state index in [1.807, 2.05) is 0 Å². The molecule has 0 saturated heterocycles. The molecule has 7 heteroatoms. The van der Waals surface area contributed by atoms with Crippen LogP contribution in [0.1, 0.15) is 6.92 Å². The summed E-state index contributed by atoms with van der Waals surface area (Å²) in [5, 5.41) is 15.8. The van der Waals surface area contributed by atoms with Crippen LogP contribution >= 0.6 is 0 Å². The van der Waals surface area contributed by atoms with Gasteiger partial charge in [-0.15, -0.1) is 0 Å². The fourth-order valence-electron chi connectivity index (χ4n) is 0. The molecule has 0 aliphatic heterocycles. The highest BCUT2D eigenvalue weighted by Gasteiger charge is 2.01. The molecule has 0 bridgehead atoms. The van der Waals surface area contributed by atoms with Gasteiger partial charge in [-0.2, -0.15) is 0 Å². The number of carboxylic acids is 1. The highest BCUT2D eigenvalue weighted by atomic mass is 24.3. The topological polar surface area (TPSA) is 152 Å². The van der Waals surface area contributed by atoms with Gasteiger partial charge in [0.2, 0.25) is 0 Å². The number of carbonyl (C=O) groups is 1. The summed E-state index contributed by atoms with van der Waals surface area (Å²) in [4.78, 5) is 9.45. The Morgan fingerprint density at radius 3 is 1.40 bits per heavy atom. The number of aliphatic hydroxyl groups is 1. The molecule has 0 radical (unpaired) electrons. The number of rotatable bonds is 1. The Hall–Kier alpha value is 0.0762. The molecule has 1 unspecified atom stereocenters. The second-order valence-corrected chi connectivity index (χ2v) is 1.01. The van der Waals surface area contributed by atoms with Crippen LogP contribution in [-0.4, -0.2) is 61.8 Å². The first-order chi connectivity index (χ1) is 2.64. The minimum absolute atomic E-state index is 0. The van der Waals surface area contributed by atoms with Crippen LogP contribution in [0.4, 0.5) is 0 Å². The molecule has 8 N–H and O–H groups in total. The Labute approximate surface area is 73.9 Å². The van der Waals surface area contributed by atoms with Crippen molar-refractivity contribution < 1.29 is 31.4 Å². The number of hydrogen-bond acceptors (Lipinski definition) is 2. The van der Waals surface area contributed by atoms with Crippen molar-refractivity contribution in [2.45, 2.75) is 13.0 Å². The Morgan fingerprint density at radius 2 is 1.40 bits per heavy atom. The van der Waals surface area contributed by atoms with Gasteiger partial charge in [0, 0.05) is 0 Å². The van der Waals surface area contributed by atoms with E-state index in [9.17, 15) is 4.79 Å². The molecule has 1 atom stereocenters. The van der Waals surface area contributed by atoms with Gasteiger partial charge in [-0.05, 0) is 6.92 Å². The van der Waals surface area contributed by atoms with Gasteiger partial charge in [-0.25, -0.2) is 4.79 Å². The number of aliphatic carboxylic acids is 1. The molecular weight excluding hydrogens is 156 g/mol. The normalized spacial score (nSPS) is 8.20. The summed E-state index contributed by atoms with van der Waals surface area (Å²) in [7, 11) is 0. The first-order valence-corrected chi connectivity index (χ1v) is 1.55. The molecule has 6 nitrogen and oxygen atoms in total. The molecule has 0 heterocycles. The van der Waals surface area contributed by atoms with Crippen LogP contribution in [-0.2, 0) is 4.79 Å². The third-order valence-electron chi connectivity index (χ3n) is 0.357. The molecule has 0 amide bonds. The van der Waals surface area contributed by atoms with E-state index in [1.54, 1.807) is 0 Å². The third kappa shape index (κ3) is 24.3. The zero-order valence-corrected chi connectivity index (χ0v) is 4.88. The third-order valence-corrected chi connectivity index (χ3v) is 0.357. The first kappa shape index (κ1) is 32.2. The Bertz CT molecular complexity index is 64.0. The minimum atomic E-state index is -1.23. The SMILES string of the molecule is CC(O)C(=O)O.O.O.O.[MgH2]. The molecular formula is C3H14MgO6. The maximum Gasteiger partial charge on any atom is 0.332 e. The highest BCUT2D eigenvalue weighted by Crippen LogP contribution is 1.73. The summed E-state index contributed by atoms with van der Waals surface area (Å²) in [6.07, 6.45) is -1.23. The van der Waals surface area contributed by atoms with Crippen LogP contribution in [0, 0.1) is 0 Å². The van der Waals surface area contributed by atoms with Crippen LogP contribution in [0.2, 0.25) is 0 Å². The number of aliphatic hydroxyl groups excluding tert-OH is 1. The highest BCUT2D eigenvalue weighted by molar-refractivity contribution is 5.75. The van der Waals surface area contributed by atoms with Gasteiger partial charge in [-0.1, -0.05) is 0 Å². The Balaban J connectivity index is -0.0000000208. The van der Waals surface area contributed by atoms with Crippen LogP contribution in [0.15, 0.2) is 0 Å². The molecule has 0 aliphatic carbocycles. The summed E-state index contributed by atoms with van der Waals surface area (Å²) in [5.74, 6) is -1.19. The molecule has 0 saturated carbocycles. The van der Waals surface area contributed by atoms with Crippen molar-refractivity contribution in [1.82, 2.24) is 0 Å². The van der Waals surface area contributed by atoms with E-state index in [1.165, 1.54) is 6.92 Å². The summed E-state index contributed by atoms with van der Waals surface area (Å²) < 4.78 is 0. The molecule has 0 spiro atoms. The van der Waals surface area contributed by atoms with Crippen molar-refractivity contribution >= 4 is 29.0 Å². The zero-order valence-electron chi connectivity index (χ0n) is 4.88. The van der Waals surface area contributed by atoms with Gasteiger partial charge in [-0.3, -0.25) is 0 Å². The van der Waals surface area contributed by atoms with E-state index in [-0.39, 0.29) is 39.5 Å². The lowest BCUT2D eigenvalue weighted by Gasteiger charge is -1.89. The molecule has 0 aliphatic rings. The van der Waals surface area contributed by atoms with Gasteiger partial charge < -0.3 is 26.6 Å². The van der Waals surface area contributed by atoms with Crippen molar-refractivity contribution in [3.05, 3.63) is 0 Å². The predicted octanol–water partition coefficient (Wildman–Crippen LogP) is -3.94. The standard InChI is InChI=1S/C3H6O3.Mg.3H2O.2H/c1-2(4)3(5)6;;;;;;/h2,4H,1H3,(H,5,6);;3*1H2;;. The molecule has 0 fully saturated rings. The second-order valence-electron chi connectivity index (χ2n) is 1.01. The second kappa shape index (κ2) is 16.0. The fourth-order valence-corrected chi connectivity index (χ4v) is 0.